The second-order valence-electron chi connectivity index (χ2n) is 8.04. The van der Waals surface area contributed by atoms with Crippen LogP contribution in [-0.2, 0) is 13.1 Å². The minimum absolute atomic E-state index is 0.0672. The third-order valence-electron chi connectivity index (χ3n) is 5.89. The Kier molecular flexibility index (Phi) is 4.94. The standard InChI is InChI=1S/C23H23FN4O3/c24-15-7-10-19-20(13-15)27(23(31)28(19)16-8-9-16)14-21-25-22(30)17-5-1-2-6-18(17)26(21)11-3-4-12-29/h1-2,5-7,10,13,16,29H,3-4,8-9,11-12,14H2. The summed E-state index contributed by atoms with van der Waals surface area (Å²) in [5.41, 5.74) is 1.37. The SMILES string of the molecule is O=c1nc(Cn2c(=O)n(C3CC3)c3ccc(F)cc32)n(CCCCO)c2ccccc12. The van der Waals surface area contributed by atoms with Gasteiger partial charge in [0.2, 0.25) is 0 Å². The summed E-state index contributed by atoms with van der Waals surface area (Å²) in [7, 11) is 0. The van der Waals surface area contributed by atoms with Gasteiger partial charge in [-0.2, -0.15) is 4.98 Å². The highest BCUT2D eigenvalue weighted by Gasteiger charge is 2.29. The van der Waals surface area contributed by atoms with Crippen LogP contribution in [0.2, 0.25) is 0 Å². The molecule has 4 aromatic rings. The van der Waals surface area contributed by atoms with E-state index in [2.05, 4.69) is 4.98 Å². The summed E-state index contributed by atoms with van der Waals surface area (Å²) in [5.74, 6) is 0.0313. The molecular weight excluding hydrogens is 399 g/mol. The van der Waals surface area contributed by atoms with Crippen molar-refractivity contribution in [2.75, 3.05) is 6.61 Å². The number of imidazole rings is 1. The number of fused-ring (bicyclic) bond motifs is 2. The highest BCUT2D eigenvalue weighted by molar-refractivity contribution is 5.78. The van der Waals surface area contributed by atoms with Gasteiger partial charge in [0.15, 0.2) is 0 Å². The second kappa shape index (κ2) is 7.77. The Morgan fingerprint density at radius 3 is 2.58 bits per heavy atom. The largest absolute Gasteiger partial charge is 0.396 e. The molecule has 1 N–H and O–H groups in total. The molecule has 0 atom stereocenters. The molecule has 1 aliphatic rings. The van der Waals surface area contributed by atoms with Crippen molar-refractivity contribution in [1.82, 2.24) is 18.7 Å². The molecule has 1 aliphatic carbocycles. The Hall–Kier alpha value is -3.26. The van der Waals surface area contributed by atoms with Crippen LogP contribution in [-0.4, -0.2) is 30.4 Å². The maximum absolute atomic E-state index is 14.1. The third-order valence-corrected chi connectivity index (χ3v) is 5.89. The number of aliphatic hydroxyl groups excluding tert-OH is 1. The van der Waals surface area contributed by atoms with E-state index in [-0.39, 0.29) is 30.4 Å². The molecule has 8 heteroatoms. The fraction of sp³-hybridized carbons (Fsp3) is 0.348. The molecule has 7 nitrogen and oxygen atoms in total. The zero-order valence-corrected chi connectivity index (χ0v) is 17.0. The third kappa shape index (κ3) is 3.46. The predicted octanol–water partition coefficient (Wildman–Crippen LogP) is 2.81. The van der Waals surface area contributed by atoms with Crippen LogP contribution in [0, 0.1) is 5.82 Å². The maximum Gasteiger partial charge on any atom is 0.329 e. The molecule has 0 aliphatic heterocycles. The number of aryl methyl sites for hydroxylation is 1. The summed E-state index contributed by atoms with van der Waals surface area (Å²) in [5, 5.41) is 9.70. The first-order chi connectivity index (χ1) is 15.1. The normalized spacial score (nSPS) is 14.0. The molecule has 1 saturated carbocycles. The number of benzene rings is 2. The van der Waals surface area contributed by atoms with Crippen LogP contribution in [0.5, 0.6) is 0 Å². The average Bonchev–Trinajstić information content (AvgIpc) is 3.56. The Morgan fingerprint density at radius 1 is 1.00 bits per heavy atom. The van der Waals surface area contributed by atoms with Crippen LogP contribution in [0.4, 0.5) is 4.39 Å². The van der Waals surface area contributed by atoms with Crippen molar-refractivity contribution in [1.29, 1.82) is 0 Å². The van der Waals surface area contributed by atoms with Gasteiger partial charge in [-0.15, -0.1) is 0 Å². The summed E-state index contributed by atoms with van der Waals surface area (Å²) in [6, 6.07) is 11.7. The van der Waals surface area contributed by atoms with E-state index >= 15 is 0 Å². The number of hydrogen-bond donors (Lipinski definition) is 1. The van der Waals surface area contributed by atoms with Gasteiger partial charge in [0.1, 0.15) is 11.6 Å². The van der Waals surface area contributed by atoms with Crippen molar-refractivity contribution in [3.63, 3.8) is 0 Å². The van der Waals surface area contributed by atoms with Gasteiger partial charge in [-0.05, 0) is 56.0 Å². The highest BCUT2D eigenvalue weighted by atomic mass is 19.1. The van der Waals surface area contributed by atoms with Crippen LogP contribution in [0.1, 0.15) is 37.5 Å². The Labute approximate surface area is 177 Å². The molecule has 1 fully saturated rings. The number of rotatable bonds is 7. The van der Waals surface area contributed by atoms with Crippen molar-refractivity contribution < 1.29 is 9.50 Å². The van der Waals surface area contributed by atoms with E-state index in [9.17, 15) is 19.1 Å². The molecule has 2 heterocycles. The second-order valence-corrected chi connectivity index (χ2v) is 8.04. The van der Waals surface area contributed by atoms with Crippen LogP contribution >= 0.6 is 0 Å². The van der Waals surface area contributed by atoms with Gasteiger partial charge in [0, 0.05) is 19.2 Å². The Balaban J connectivity index is 1.69. The van der Waals surface area contributed by atoms with E-state index in [1.807, 2.05) is 16.7 Å². The van der Waals surface area contributed by atoms with E-state index in [1.165, 1.54) is 16.7 Å². The zero-order chi connectivity index (χ0) is 21.5. The van der Waals surface area contributed by atoms with Crippen LogP contribution in [0.25, 0.3) is 21.9 Å². The van der Waals surface area contributed by atoms with Gasteiger partial charge in [0.05, 0.1) is 28.5 Å². The topological polar surface area (TPSA) is 82.0 Å². The molecule has 5 rings (SSSR count). The van der Waals surface area contributed by atoms with E-state index in [1.54, 1.807) is 22.8 Å². The fourth-order valence-electron chi connectivity index (χ4n) is 4.25. The molecule has 0 spiro atoms. The van der Waals surface area contributed by atoms with Gasteiger partial charge < -0.3 is 9.67 Å². The van der Waals surface area contributed by atoms with Crippen molar-refractivity contribution in [2.45, 2.75) is 44.8 Å². The van der Waals surface area contributed by atoms with Gasteiger partial charge in [-0.25, -0.2) is 9.18 Å². The fourth-order valence-corrected chi connectivity index (χ4v) is 4.25. The molecule has 2 aromatic carbocycles. The summed E-state index contributed by atoms with van der Waals surface area (Å²) >= 11 is 0. The molecule has 31 heavy (non-hydrogen) atoms. The number of halogens is 1. The summed E-state index contributed by atoms with van der Waals surface area (Å²) in [6.07, 6.45) is 3.17. The number of hydrogen-bond acceptors (Lipinski definition) is 4. The number of para-hydroxylation sites is 1. The summed E-state index contributed by atoms with van der Waals surface area (Å²) in [4.78, 5) is 30.2. The molecule has 0 bridgehead atoms. The van der Waals surface area contributed by atoms with Crippen LogP contribution in [0.3, 0.4) is 0 Å². The molecule has 0 radical (unpaired) electrons. The molecule has 160 valence electrons. The van der Waals surface area contributed by atoms with Gasteiger partial charge in [0.25, 0.3) is 5.56 Å². The smallest absolute Gasteiger partial charge is 0.329 e. The van der Waals surface area contributed by atoms with Gasteiger partial charge in [-0.3, -0.25) is 13.9 Å². The number of nitrogens with zero attached hydrogens (tertiary/aromatic N) is 4. The highest BCUT2D eigenvalue weighted by Crippen LogP contribution is 2.36. The van der Waals surface area contributed by atoms with Gasteiger partial charge in [-0.1, -0.05) is 12.1 Å². The molecular formula is C23H23FN4O3. The molecule has 0 unspecified atom stereocenters. The van der Waals surface area contributed by atoms with Crippen molar-refractivity contribution in [3.8, 4) is 0 Å². The minimum atomic E-state index is -0.416. The number of aromatic nitrogens is 4. The first kappa shape index (κ1) is 19.7. The summed E-state index contributed by atoms with van der Waals surface area (Å²) in [6.45, 7) is 0.695. The maximum atomic E-state index is 14.1. The van der Waals surface area contributed by atoms with E-state index < -0.39 is 5.82 Å². The lowest BCUT2D eigenvalue weighted by Crippen LogP contribution is -2.28. The van der Waals surface area contributed by atoms with E-state index in [4.69, 9.17) is 0 Å². The monoisotopic (exact) mass is 422 g/mol. The molecule has 0 amide bonds. The lowest BCUT2D eigenvalue weighted by Gasteiger charge is -2.16. The van der Waals surface area contributed by atoms with Gasteiger partial charge >= 0.3 is 5.69 Å². The Morgan fingerprint density at radius 2 is 1.81 bits per heavy atom. The predicted molar refractivity (Wildman–Crippen MR) is 116 cm³/mol. The van der Waals surface area contributed by atoms with Crippen LogP contribution in [0.15, 0.2) is 52.1 Å². The Bertz CT molecular complexity index is 1400. The number of unbranched alkanes of at least 4 members (excludes halogenated alkanes) is 1. The quantitative estimate of drug-likeness (QED) is 0.465. The summed E-state index contributed by atoms with van der Waals surface area (Å²) < 4.78 is 19.2. The first-order valence-electron chi connectivity index (χ1n) is 10.6. The lowest BCUT2D eigenvalue weighted by atomic mass is 10.2. The average molecular weight is 422 g/mol. The zero-order valence-electron chi connectivity index (χ0n) is 17.0. The van der Waals surface area contributed by atoms with Crippen molar-refractivity contribution in [3.05, 3.63) is 74.9 Å². The van der Waals surface area contributed by atoms with E-state index in [0.717, 1.165) is 18.4 Å². The number of aliphatic hydroxyl groups is 1. The van der Waals surface area contributed by atoms with Crippen molar-refractivity contribution in [2.24, 2.45) is 0 Å². The van der Waals surface area contributed by atoms with E-state index in [0.29, 0.717) is 41.6 Å². The molecule has 2 aromatic heterocycles. The minimum Gasteiger partial charge on any atom is -0.396 e. The first-order valence-corrected chi connectivity index (χ1v) is 10.6. The van der Waals surface area contributed by atoms with Crippen LogP contribution < -0.4 is 11.2 Å². The van der Waals surface area contributed by atoms with Crippen molar-refractivity contribution >= 4 is 21.9 Å². The molecule has 0 saturated heterocycles. The lowest BCUT2D eigenvalue weighted by molar-refractivity contribution is 0.281.